The van der Waals surface area contributed by atoms with Gasteiger partial charge in [-0.1, -0.05) is 42.5 Å². The molecule has 0 unspecified atom stereocenters. The van der Waals surface area contributed by atoms with Crippen LogP contribution in [0.15, 0.2) is 60.7 Å². The van der Waals surface area contributed by atoms with E-state index in [2.05, 4.69) is 54.8 Å². The Morgan fingerprint density at radius 1 is 1.00 bits per heavy atom. The highest BCUT2D eigenvalue weighted by molar-refractivity contribution is 5.68. The van der Waals surface area contributed by atoms with E-state index >= 15 is 0 Å². The number of hydrogen-bond acceptors (Lipinski definition) is 1. The minimum Gasteiger partial charge on any atom is -0.481 e. The lowest BCUT2D eigenvalue weighted by Crippen LogP contribution is -2.07. The number of rotatable bonds is 5. The number of carboxylic acid groups (broad SMARTS) is 1. The average molecular weight is 319 g/mol. The number of carboxylic acids is 1. The predicted octanol–water partition coefficient (Wildman–Crippen LogP) is 4.78. The monoisotopic (exact) mass is 319 g/mol. The normalized spacial score (nSPS) is 10.8. The molecule has 3 nitrogen and oxygen atoms in total. The van der Waals surface area contributed by atoms with Crippen molar-refractivity contribution in [2.45, 2.75) is 26.7 Å². The number of nitrogens with zero attached hydrogens (tertiary/aromatic N) is 1. The molecule has 122 valence electrons. The molecule has 0 atom stereocenters. The Labute approximate surface area is 142 Å². The van der Waals surface area contributed by atoms with Crippen molar-refractivity contribution in [2.75, 3.05) is 0 Å². The van der Waals surface area contributed by atoms with Crippen LogP contribution in [0.3, 0.4) is 0 Å². The van der Waals surface area contributed by atoms with E-state index in [-0.39, 0.29) is 6.42 Å². The Bertz CT molecular complexity index is 863. The maximum absolute atomic E-state index is 11.0. The second-order valence-corrected chi connectivity index (χ2v) is 6.10. The van der Waals surface area contributed by atoms with Crippen LogP contribution in [0.1, 0.15) is 23.2 Å². The fourth-order valence-electron chi connectivity index (χ4n) is 2.99. The summed E-state index contributed by atoms with van der Waals surface area (Å²) >= 11 is 0. The summed E-state index contributed by atoms with van der Waals surface area (Å²) in [6.07, 6.45) is 0.638. The van der Waals surface area contributed by atoms with Crippen LogP contribution in [-0.4, -0.2) is 15.6 Å². The summed E-state index contributed by atoms with van der Waals surface area (Å²) in [5.41, 5.74) is 6.70. The Balaban J connectivity index is 2.17. The molecule has 3 rings (SSSR count). The van der Waals surface area contributed by atoms with Crippen molar-refractivity contribution >= 4 is 5.97 Å². The third kappa shape index (κ3) is 3.25. The summed E-state index contributed by atoms with van der Waals surface area (Å²) in [4.78, 5) is 11.0. The number of aliphatic carboxylic acids is 1. The van der Waals surface area contributed by atoms with E-state index in [1.54, 1.807) is 0 Å². The molecule has 24 heavy (non-hydrogen) atoms. The summed E-state index contributed by atoms with van der Waals surface area (Å²) in [5.74, 6) is -0.773. The van der Waals surface area contributed by atoms with E-state index in [0.717, 1.165) is 22.6 Å². The molecule has 0 saturated heterocycles. The molecule has 1 N–H and O–H groups in total. The quantitative estimate of drug-likeness (QED) is 0.735. The van der Waals surface area contributed by atoms with Crippen molar-refractivity contribution in [1.29, 1.82) is 0 Å². The van der Waals surface area contributed by atoms with Gasteiger partial charge in [-0.15, -0.1) is 0 Å². The number of hydrogen-bond donors (Lipinski definition) is 1. The lowest BCUT2D eigenvalue weighted by Gasteiger charge is -2.17. The van der Waals surface area contributed by atoms with Gasteiger partial charge in [-0.2, -0.15) is 0 Å². The number of aromatic nitrogens is 1. The van der Waals surface area contributed by atoms with Crippen LogP contribution >= 0.6 is 0 Å². The second-order valence-electron chi connectivity index (χ2n) is 6.10. The third-order valence-electron chi connectivity index (χ3n) is 4.23. The summed E-state index contributed by atoms with van der Waals surface area (Å²) < 4.78 is 2.20. The lowest BCUT2D eigenvalue weighted by molar-refractivity contribution is -0.136. The molecule has 0 aliphatic heterocycles. The standard InChI is InChI=1S/C21H21NO2/c1-15-8-9-16(2)20(14-15)22-18(11-13-21(23)24)10-12-19(22)17-6-4-3-5-7-17/h3-10,12,14H,11,13H2,1-2H3,(H,23,24). The molecular formula is C21H21NO2. The van der Waals surface area contributed by atoms with Crippen LogP contribution in [0.5, 0.6) is 0 Å². The van der Waals surface area contributed by atoms with Crippen molar-refractivity contribution in [3.63, 3.8) is 0 Å². The van der Waals surface area contributed by atoms with E-state index in [1.807, 2.05) is 24.3 Å². The van der Waals surface area contributed by atoms with Crippen molar-refractivity contribution < 1.29 is 9.90 Å². The maximum atomic E-state index is 11.0. The highest BCUT2D eigenvalue weighted by atomic mass is 16.4. The largest absolute Gasteiger partial charge is 0.481 e. The molecule has 1 aromatic heterocycles. The molecule has 0 fully saturated rings. The van der Waals surface area contributed by atoms with Crippen LogP contribution in [0.4, 0.5) is 0 Å². The molecule has 3 heteroatoms. The van der Waals surface area contributed by atoms with E-state index in [1.165, 1.54) is 11.1 Å². The smallest absolute Gasteiger partial charge is 0.303 e. The Morgan fingerprint density at radius 2 is 1.75 bits per heavy atom. The first-order chi connectivity index (χ1) is 11.6. The van der Waals surface area contributed by atoms with E-state index in [4.69, 9.17) is 5.11 Å². The molecular weight excluding hydrogens is 298 g/mol. The molecule has 0 bridgehead atoms. The molecule has 0 radical (unpaired) electrons. The van der Waals surface area contributed by atoms with Crippen molar-refractivity contribution in [2.24, 2.45) is 0 Å². The molecule has 0 spiro atoms. The zero-order valence-corrected chi connectivity index (χ0v) is 14.0. The van der Waals surface area contributed by atoms with E-state index < -0.39 is 5.97 Å². The molecule has 0 saturated carbocycles. The van der Waals surface area contributed by atoms with Gasteiger partial charge < -0.3 is 9.67 Å². The van der Waals surface area contributed by atoms with Crippen LogP contribution in [0.25, 0.3) is 16.9 Å². The van der Waals surface area contributed by atoms with E-state index in [0.29, 0.717) is 6.42 Å². The van der Waals surface area contributed by atoms with Gasteiger partial charge in [0.25, 0.3) is 0 Å². The fourth-order valence-corrected chi connectivity index (χ4v) is 2.99. The zero-order chi connectivity index (χ0) is 17.1. The van der Waals surface area contributed by atoms with E-state index in [9.17, 15) is 4.79 Å². The molecule has 0 aliphatic rings. The Morgan fingerprint density at radius 3 is 2.46 bits per heavy atom. The summed E-state index contributed by atoms with van der Waals surface area (Å²) in [7, 11) is 0. The highest BCUT2D eigenvalue weighted by Gasteiger charge is 2.14. The first-order valence-corrected chi connectivity index (χ1v) is 8.12. The van der Waals surface area contributed by atoms with Gasteiger partial charge in [-0.3, -0.25) is 4.79 Å². The molecule has 0 amide bonds. The Hall–Kier alpha value is -2.81. The topological polar surface area (TPSA) is 42.2 Å². The third-order valence-corrected chi connectivity index (χ3v) is 4.23. The van der Waals surface area contributed by atoms with Gasteiger partial charge in [-0.25, -0.2) is 0 Å². The molecule has 2 aromatic carbocycles. The van der Waals surface area contributed by atoms with Crippen LogP contribution in [0.2, 0.25) is 0 Å². The number of aryl methyl sites for hydroxylation is 3. The fraction of sp³-hybridized carbons (Fsp3) is 0.190. The van der Waals surface area contributed by atoms with Crippen molar-refractivity contribution in [3.8, 4) is 16.9 Å². The molecule has 3 aromatic rings. The van der Waals surface area contributed by atoms with Crippen molar-refractivity contribution in [1.82, 2.24) is 4.57 Å². The average Bonchev–Trinajstić information content (AvgIpc) is 2.99. The highest BCUT2D eigenvalue weighted by Crippen LogP contribution is 2.29. The second kappa shape index (κ2) is 6.75. The minimum atomic E-state index is -0.773. The minimum absolute atomic E-state index is 0.128. The number of carbonyl (C=O) groups is 1. The summed E-state index contributed by atoms with van der Waals surface area (Å²) in [5, 5.41) is 9.05. The van der Waals surface area contributed by atoms with Gasteiger partial charge in [0.15, 0.2) is 0 Å². The van der Waals surface area contributed by atoms with Gasteiger partial charge in [0.1, 0.15) is 0 Å². The van der Waals surface area contributed by atoms with Gasteiger partial charge >= 0.3 is 5.97 Å². The van der Waals surface area contributed by atoms with Crippen LogP contribution < -0.4 is 0 Å². The Kier molecular flexibility index (Phi) is 4.52. The van der Waals surface area contributed by atoms with Crippen LogP contribution in [-0.2, 0) is 11.2 Å². The summed E-state index contributed by atoms with van der Waals surface area (Å²) in [6, 6.07) is 20.7. The lowest BCUT2D eigenvalue weighted by atomic mass is 10.1. The van der Waals surface area contributed by atoms with Crippen molar-refractivity contribution in [3.05, 3.63) is 77.5 Å². The first kappa shape index (κ1) is 16.1. The number of benzene rings is 2. The predicted molar refractivity (Wildman–Crippen MR) is 96.6 cm³/mol. The first-order valence-electron chi connectivity index (χ1n) is 8.12. The van der Waals surface area contributed by atoms with Gasteiger partial charge in [0.05, 0.1) is 12.1 Å². The molecule has 1 heterocycles. The van der Waals surface area contributed by atoms with Gasteiger partial charge in [0, 0.05) is 11.4 Å². The molecule has 0 aliphatic carbocycles. The van der Waals surface area contributed by atoms with Crippen LogP contribution in [0, 0.1) is 13.8 Å². The maximum Gasteiger partial charge on any atom is 0.303 e. The zero-order valence-electron chi connectivity index (χ0n) is 14.0. The van der Waals surface area contributed by atoms with Gasteiger partial charge in [0.2, 0.25) is 0 Å². The SMILES string of the molecule is Cc1ccc(C)c(-n2c(CCC(=O)O)ccc2-c2ccccc2)c1. The summed E-state index contributed by atoms with van der Waals surface area (Å²) in [6.45, 7) is 4.16. The van der Waals surface area contributed by atoms with Gasteiger partial charge in [-0.05, 0) is 55.2 Å².